The Morgan fingerprint density at radius 1 is 1.33 bits per heavy atom. The maximum Gasteiger partial charge on any atom is 0.211 e. The van der Waals surface area contributed by atoms with Gasteiger partial charge in [0.2, 0.25) is 10.0 Å². The molecule has 1 saturated heterocycles. The fourth-order valence-electron chi connectivity index (χ4n) is 3.22. The maximum atomic E-state index is 11.8. The fourth-order valence-corrected chi connectivity index (χ4v) is 4.16. The summed E-state index contributed by atoms with van der Waals surface area (Å²) in [6, 6.07) is 1.93. The number of sulfonamides is 1. The second kappa shape index (κ2) is 6.98. The van der Waals surface area contributed by atoms with Crippen LogP contribution in [0.3, 0.4) is 0 Å². The zero-order valence-corrected chi connectivity index (χ0v) is 14.9. The van der Waals surface area contributed by atoms with Gasteiger partial charge < -0.3 is 0 Å². The number of hydrogen-bond donors (Lipinski definition) is 0. The smallest absolute Gasteiger partial charge is 0.211 e. The predicted molar refractivity (Wildman–Crippen MR) is 91.8 cm³/mol. The van der Waals surface area contributed by atoms with Gasteiger partial charge in [0.25, 0.3) is 0 Å². The van der Waals surface area contributed by atoms with Crippen LogP contribution >= 0.6 is 0 Å². The lowest BCUT2D eigenvalue weighted by Gasteiger charge is -2.30. The van der Waals surface area contributed by atoms with Crippen molar-refractivity contribution >= 4 is 10.0 Å². The van der Waals surface area contributed by atoms with Crippen molar-refractivity contribution in [2.45, 2.75) is 32.7 Å². The molecular weight excluding hydrogens is 326 g/mol. The van der Waals surface area contributed by atoms with Crippen LogP contribution < -0.4 is 0 Å². The van der Waals surface area contributed by atoms with E-state index in [9.17, 15) is 8.42 Å². The summed E-state index contributed by atoms with van der Waals surface area (Å²) in [6.45, 7) is 4.00. The molecule has 1 fully saturated rings. The third-order valence-electron chi connectivity index (χ3n) is 4.41. The van der Waals surface area contributed by atoms with Crippen LogP contribution in [0.25, 0.3) is 11.4 Å². The first kappa shape index (κ1) is 17.0. The number of piperidine rings is 1. The molecule has 3 heterocycles. The second-order valence-corrected chi connectivity index (χ2v) is 8.24. The van der Waals surface area contributed by atoms with Gasteiger partial charge in [-0.15, -0.1) is 0 Å². The van der Waals surface area contributed by atoms with Crippen LogP contribution in [0.15, 0.2) is 24.7 Å². The Balaban J connectivity index is 1.75. The minimum Gasteiger partial charge on any atom is -0.264 e. The third-order valence-corrected chi connectivity index (χ3v) is 5.68. The van der Waals surface area contributed by atoms with Gasteiger partial charge >= 0.3 is 0 Å². The summed E-state index contributed by atoms with van der Waals surface area (Å²) >= 11 is 0. The standard InChI is InChI=1S/C16H23N5O2S/c1-3-21-16(6-7-18-21)15-11-17-10-14(19-15)9-13-5-4-8-20(12-13)24(2,22)23/h6-7,10-11,13H,3-5,8-9,12H2,1-2H3/t13-/m1/s1. The van der Waals surface area contributed by atoms with Gasteiger partial charge in [-0.25, -0.2) is 17.7 Å². The van der Waals surface area contributed by atoms with E-state index in [1.165, 1.54) is 6.26 Å². The van der Waals surface area contributed by atoms with E-state index in [4.69, 9.17) is 4.98 Å². The summed E-state index contributed by atoms with van der Waals surface area (Å²) in [7, 11) is -3.12. The van der Waals surface area contributed by atoms with E-state index in [0.717, 1.165) is 42.9 Å². The van der Waals surface area contributed by atoms with Crippen molar-refractivity contribution in [3.63, 3.8) is 0 Å². The molecule has 130 valence electrons. The minimum atomic E-state index is -3.12. The van der Waals surface area contributed by atoms with Gasteiger partial charge in [-0.2, -0.15) is 5.10 Å². The van der Waals surface area contributed by atoms with Gasteiger partial charge in [0.1, 0.15) is 5.69 Å². The molecule has 0 spiro atoms. The first-order chi connectivity index (χ1) is 11.5. The molecule has 0 radical (unpaired) electrons. The van der Waals surface area contributed by atoms with Crippen molar-refractivity contribution in [1.29, 1.82) is 0 Å². The molecule has 0 amide bonds. The molecule has 1 aliphatic rings. The molecule has 0 N–H and O–H groups in total. The Labute approximate surface area is 142 Å². The molecule has 0 bridgehead atoms. The summed E-state index contributed by atoms with van der Waals surface area (Å²) in [4.78, 5) is 9.03. The Bertz CT molecular complexity index is 802. The minimum absolute atomic E-state index is 0.286. The monoisotopic (exact) mass is 349 g/mol. The quantitative estimate of drug-likeness (QED) is 0.818. The van der Waals surface area contributed by atoms with E-state index in [0.29, 0.717) is 13.1 Å². The van der Waals surface area contributed by atoms with Crippen LogP contribution in [0, 0.1) is 5.92 Å². The topological polar surface area (TPSA) is 81.0 Å². The number of aromatic nitrogens is 4. The van der Waals surface area contributed by atoms with E-state index in [2.05, 4.69) is 10.1 Å². The number of nitrogens with zero attached hydrogens (tertiary/aromatic N) is 5. The number of rotatable bonds is 5. The molecule has 0 saturated carbocycles. The van der Waals surface area contributed by atoms with E-state index < -0.39 is 10.0 Å². The summed E-state index contributed by atoms with van der Waals surface area (Å²) < 4.78 is 27.0. The molecule has 0 unspecified atom stereocenters. The average Bonchev–Trinajstić information content (AvgIpc) is 3.03. The van der Waals surface area contributed by atoms with E-state index in [-0.39, 0.29) is 5.92 Å². The lowest BCUT2D eigenvalue weighted by Crippen LogP contribution is -2.39. The van der Waals surface area contributed by atoms with Crippen molar-refractivity contribution in [2.24, 2.45) is 5.92 Å². The molecule has 24 heavy (non-hydrogen) atoms. The highest BCUT2D eigenvalue weighted by Gasteiger charge is 2.26. The normalized spacial score (nSPS) is 19.5. The van der Waals surface area contributed by atoms with E-state index in [1.54, 1.807) is 22.9 Å². The summed E-state index contributed by atoms with van der Waals surface area (Å²) in [5, 5.41) is 4.27. The van der Waals surface area contributed by atoms with Crippen LogP contribution in [0.1, 0.15) is 25.5 Å². The van der Waals surface area contributed by atoms with Gasteiger partial charge in [-0.05, 0) is 38.2 Å². The summed E-state index contributed by atoms with van der Waals surface area (Å²) in [5.41, 5.74) is 2.66. The van der Waals surface area contributed by atoms with E-state index >= 15 is 0 Å². The highest BCUT2D eigenvalue weighted by molar-refractivity contribution is 7.88. The zero-order chi connectivity index (χ0) is 17.2. The first-order valence-corrected chi connectivity index (χ1v) is 10.1. The Morgan fingerprint density at radius 2 is 2.17 bits per heavy atom. The molecule has 1 aliphatic heterocycles. The molecule has 3 rings (SSSR count). The molecule has 7 nitrogen and oxygen atoms in total. The number of hydrogen-bond acceptors (Lipinski definition) is 5. The summed E-state index contributed by atoms with van der Waals surface area (Å²) in [6.07, 6.45) is 9.22. The van der Waals surface area contributed by atoms with Crippen LogP contribution in [-0.4, -0.2) is 51.8 Å². The average molecular weight is 349 g/mol. The highest BCUT2D eigenvalue weighted by Crippen LogP contribution is 2.23. The SMILES string of the molecule is CCn1nccc1-c1cncc(C[C@H]2CCCN(S(C)(=O)=O)C2)n1. The van der Waals surface area contributed by atoms with Gasteiger partial charge in [-0.1, -0.05) is 0 Å². The zero-order valence-electron chi connectivity index (χ0n) is 14.1. The summed E-state index contributed by atoms with van der Waals surface area (Å²) in [5.74, 6) is 0.286. The van der Waals surface area contributed by atoms with Gasteiger partial charge in [0.15, 0.2) is 0 Å². The Kier molecular flexibility index (Phi) is 4.96. The van der Waals surface area contributed by atoms with Gasteiger partial charge in [-0.3, -0.25) is 9.67 Å². The van der Waals surface area contributed by atoms with Crippen molar-refractivity contribution in [2.75, 3.05) is 19.3 Å². The van der Waals surface area contributed by atoms with Crippen molar-refractivity contribution < 1.29 is 8.42 Å². The fraction of sp³-hybridized carbons (Fsp3) is 0.562. The first-order valence-electron chi connectivity index (χ1n) is 8.25. The molecule has 0 aromatic carbocycles. The van der Waals surface area contributed by atoms with Crippen molar-refractivity contribution in [1.82, 2.24) is 24.1 Å². The van der Waals surface area contributed by atoms with E-state index in [1.807, 2.05) is 17.7 Å². The van der Waals surface area contributed by atoms with Crippen LogP contribution in [0.5, 0.6) is 0 Å². The molecule has 8 heteroatoms. The van der Waals surface area contributed by atoms with Crippen molar-refractivity contribution in [3.05, 3.63) is 30.4 Å². The highest BCUT2D eigenvalue weighted by atomic mass is 32.2. The van der Waals surface area contributed by atoms with Crippen LogP contribution in [0.4, 0.5) is 0 Å². The molecule has 1 atom stereocenters. The molecule has 0 aliphatic carbocycles. The van der Waals surface area contributed by atoms with Gasteiger partial charge in [0, 0.05) is 32.0 Å². The number of aryl methyl sites for hydroxylation is 1. The Morgan fingerprint density at radius 3 is 2.92 bits per heavy atom. The molecule has 2 aromatic heterocycles. The maximum absolute atomic E-state index is 11.8. The molecule has 2 aromatic rings. The van der Waals surface area contributed by atoms with Crippen molar-refractivity contribution in [3.8, 4) is 11.4 Å². The second-order valence-electron chi connectivity index (χ2n) is 6.26. The lowest BCUT2D eigenvalue weighted by atomic mass is 9.95. The Hall–Kier alpha value is -1.80. The largest absolute Gasteiger partial charge is 0.264 e. The van der Waals surface area contributed by atoms with Gasteiger partial charge in [0.05, 0.1) is 23.8 Å². The van der Waals surface area contributed by atoms with Crippen LogP contribution in [-0.2, 0) is 23.0 Å². The third kappa shape index (κ3) is 3.81. The lowest BCUT2D eigenvalue weighted by molar-refractivity contribution is 0.265. The van der Waals surface area contributed by atoms with Crippen LogP contribution in [0.2, 0.25) is 0 Å². The predicted octanol–water partition coefficient (Wildman–Crippen LogP) is 1.57. The molecular formula is C16H23N5O2S.